The summed E-state index contributed by atoms with van der Waals surface area (Å²) >= 11 is 0. The number of aliphatic hydroxyl groups is 1. The molecule has 0 fully saturated rings. The molecule has 49 heavy (non-hydrogen) atoms. The molecule has 0 unspecified atom stereocenters. The third-order valence-electron chi connectivity index (χ3n) is 8.68. The second kappa shape index (κ2) is 16.5. The number of benzene rings is 2. The van der Waals surface area contributed by atoms with Gasteiger partial charge >= 0.3 is 6.03 Å². The van der Waals surface area contributed by atoms with Gasteiger partial charge in [0.25, 0.3) is 11.8 Å². The molecule has 1 aromatic heterocycles. The van der Waals surface area contributed by atoms with Crippen molar-refractivity contribution in [3.8, 4) is 17.2 Å². The van der Waals surface area contributed by atoms with Crippen LogP contribution in [0.1, 0.15) is 60.7 Å². The maximum absolute atomic E-state index is 14.4. The van der Waals surface area contributed by atoms with Gasteiger partial charge in [-0.2, -0.15) is 0 Å². The average molecular weight is 676 g/mol. The number of nitrogens with zero attached hydrogens (tertiary/aromatic N) is 3. The van der Waals surface area contributed by atoms with Crippen LogP contribution >= 0.6 is 0 Å². The first-order valence-corrected chi connectivity index (χ1v) is 16.6. The number of aliphatic hydroxyl groups excluding tert-OH is 1. The van der Waals surface area contributed by atoms with E-state index in [4.69, 9.17) is 18.9 Å². The lowest BCUT2D eigenvalue weighted by atomic mass is 10.0. The van der Waals surface area contributed by atoms with E-state index in [1.807, 2.05) is 13.8 Å². The summed E-state index contributed by atoms with van der Waals surface area (Å²) in [4.78, 5) is 47.6. The predicted molar refractivity (Wildman–Crippen MR) is 183 cm³/mol. The van der Waals surface area contributed by atoms with Gasteiger partial charge in [0.05, 0.1) is 30.4 Å². The van der Waals surface area contributed by atoms with Gasteiger partial charge in [0.2, 0.25) is 6.79 Å². The number of hydrogen-bond donors (Lipinski definition) is 3. The van der Waals surface area contributed by atoms with E-state index in [0.717, 1.165) is 19.3 Å². The van der Waals surface area contributed by atoms with Gasteiger partial charge in [-0.1, -0.05) is 6.92 Å². The van der Waals surface area contributed by atoms with Crippen LogP contribution in [-0.2, 0) is 4.74 Å². The Labute approximate surface area is 286 Å². The fraction of sp³-hybridized carbons (Fsp3) is 0.444. The summed E-state index contributed by atoms with van der Waals surface area (Å²) in [5.74, 6) is 0.646. The van der Waals surface area contributed by atoms with Gasteiger partial charge in [-0.3, -0.25) is 14.6 Å². The highest BCUT2D eigenvalue weighted by Crippen LogP contribution is 2.34. The predicted octanol–water partition coefficient (Wildman–Crippen LogP) is 5.02. The Morgan fingerprint density at radius 3 is 2.47 bits per heavy atom. The van der Waals surface area contributed by atoms with Crippen LogP contribution in [0.5, 0.6) is 17.2 Å². The summed E-state index contributed by atoms with van der Waals surface area (Å²) in [5, 5.41) is 16.0. The van der Waals surface area contributed by atoms with Crippen molar-refractivity contribution in [3.05, 3.63) is 72.1 Å². The van der Waals surface area contributed by atoms with Gasteiger partial charge < -0.3 is 44.5 Å². The Morgan fingerprint density at radius 2 is 1.71 bits per heavy atom. The van der Waals surface area contributed by atoms with Gasteiger partial charge in [0.1, 0.15) is 5.75 Å². The number of pyridine rings is 1. The number of aromatic nitrogens is 1. The van der Waals surface area contributed by atoms with Crippen molar-refractivity contribution < 1.29 is 38.4 Å². The highest BCUT2D eigenvalue weighted by molar-refractivity contribution is 6.05. The van der Waals surface area contributed by atoms with Crippen LogP contribution in [0.3, 0.4) is 0 Å². The standard InChI is InChI=1S/C36H45N5O8/c1-23-19-41(24(2)21-42)35(44)29-17-27(38-34(43)26-12-14-37-15-13-26)8-10-30(29)49-25(3)7-5-6-16-46-33(23)20-40(4)36(45)39-28-9-11-31-32(18-28)48-22-47-31/h8-15,17-18,23-25,33,42H,5-7,16,19-22H2,1-4H3,(H,38,43)(H,39,45)/t23-,24-,25-,33-/m0/s1. The van der Waals surface area contributed by atoms with Crippen LogP contribution in [-0.4, -0.2) is 96.1 Å². The summed E-state index contributed by atoms with van der Waals surface area (Å²) in [6, 6.07) is 12.6. The lowest BCUT2D eigenvalue weighted by Gasteiger charge is -2.35. The van der Waals surface area contributed by atoms with Crippen LogP contribution in [0.2, 0.25) is 0 Å². The number of carbonyl (C=O) groups excluding carboxylic acids is 3. The quantitative estimate of drug-likeness (QED) is 0.314. The lowest BCUT2D eigenvalue weighted by Crippen LogP contribution is -2.48. The van der Waals surface area contributed by atoms with E-state index in [9.17, 15) is 19.5 Å². The Kier molecular flexibility index (Phi) is 11.9. The first-order valence-electron chi connectivity index (χ1n) is 16.6. The molecule has 3 heterocycles. The molecular weight excluding hydrogens is 630 g/mol. The molecule has 2 aliphatic heterocycles. The molecule has 262 valence electrons. The summed E-state index contributed by atoms with van der Waals surface area (Å²) < 4.78 is 23.5. The van der Waals surface area contributed by atoms with Crippen LogP contribution in [0.4, 0.5) is 16.2 Å². The number of hydrogen-bond acceptors (Lipinski definition) is 9. The second-order valence-electron chi connectivity index (χ2n) is 12.6. The molecule has 2 aromatic carbocycles. The van der Waals surface area contributed by atoms with E-state index >= 15 is 0 Å². The van der Waals surface area contributed by atoms with Crippen molar-refractivity contribution in [2.75, 3.05) is 50.8 Å². The molecule has 0 saturated carbocycles. The number of fused-ring (bicyclic) bond motifs is 2. The number of nitrogens with one attached hydrogen (secondary N) is 2. The molecule has 2 aliphatic rings. The largest absolute Gasteiger partial charge is 0.490 e. The topological polar surface area (TPSA) is 152 Å². The van der Waals surface area contributed by atoms with Crippen molar-refractivity contribution in [2.45, 2.75) is 58.3 Å². The normalized spacial score (nSPS) is 20.3. The van der Waals surface area contributed by atoms with Crippen molar-refractivity contribution in [3.63, 3.8) is 0 Å². The summed E-state index contributed by atoms with van der Waals surface area (Å²) in [6.45, 7) is 6.52. The molecule has 0 radical (unpaired) electrons. The zero-order valence-corrected chi connectivity index (χ0v) is 28.4. The molecule has 3 aromatic rings. The van der Waals surface area contributed by atoms with Gasteiger partial charge in [0, 0.05) is 68.1 Å². The molecule has 0 spiro atoms. The van der Waals surface area contributed by atoms with Crippen LogP contribution in [0.15, 0.2) is 60.9 Å². The monoisotopic (exact) mass is 675 g/mol. The van der Waals surface area contributed by atoms with Crippen LogP contribution in [0, 0.1) is 5.92 Å². The molecule has 0 bridgehead atoms. The second-order valence-corrected chi connectivity index (χ2v) is 12.6. The molecule has 4 amide bonds. The Bertz CT molecular complexity index is 1610. The van der Waals surface area contributed by atoms with Crippen molar-refractivity contribution in [1.29, 1.82) is 0 Å². The van der Waals surface area contributed by atoms with Crippen LogP contribution < -0.4 is 24.8 Å². The molecule has 3 N–H and O–H groups in total. The summed E-state index contributed by atoms with van der Waals surface area (Å²) in [5.41, 5.74) is 1.69. The smallest absolute Gasteiger partial charge is 0.321 e. The third-order valence-corrected chi connectivity index (χ3v) is 8.68. The molecular formula is C36H45N5O8. The minimum Gasteiger partial charge on any atom is -0.490 e. The van der Waals surface area contributed by atoms with Crippen LogP contribution in [0.25, 0.3) is 0 Å². The number of rotatable bonds is 7. The zero-order valence-electron chi connectivity index (χ0n) is 28.4. The zero-order chi connectivity index (χ0) is 34.9. The fourth-order valence-corrected chi connectivity index (χ4v) is 5.72. The molecule has 13 nitrogen and oxygen atoms in total. The number of anilines is 2. The van der Waals surface area contributed by atoms with E-state index in [2.05, 4.69) is 15.6 Å². The first-order chi connectivity index (χ1) is 23.6. The highest BCUT2D eigenvalue weighted by Gasteiger charge is 2.31. The molecule has 0 saturated heterocycles. The number of carbonyl (C=O) groups is 3. The molecule has 4 atom stereocenters. The fourth-order valence-electron chi connectivity index (χ4n) is 5.72. The average Bonchev–Trinajstić information content (AvgIpc) is 3.58. The minimum atomic E-state index is -0.545. The van der Waals surface area contributed by atoms with Gasteiger partial charge in [0.15, 0.2) is 11.5 Å². The van der Waals surface area contributed by atoms with Crippen molar-refractivity contribution >= 4 is 29.2 Å². The SMILES string of the molecule is C[C@H]1CCCCO[C@@H](CN(C)C(=O)Nc2ccc3c(c2)OCO3)[C@@H](C)CN([C@@H](C)CO)C(=O)c2cc(NC(=O)c3ccncc3)ccc2O1. The highest BCUT2D eigenvalue weighted by atomic mass is 16.7. The molecule has 13 heteroatoms. The van der Waals surface area contributed by atoms with E-state index in [1.165, 1.54) is 12.4 Å². The van der Waals surface area contributed by atoms with Gasteiger partial charge in [-0.15, -0.1) is 0 Å². The van der Waals surface area contributed by atoms with E-state index in [1.54, 1.807) is 72.3 Å². The van der Waals surface area contributed by atoms with E-state index in [0.29, 0.717) is 40.8 Å². The van der Waals surface area contributed by atoms with Gasteiger partial charge in [-0.05, 0) is 75.6 Å². The van der Waals surface area contributed by atoms with E-state index in [-0.39, 0.29) is 61.9 Å². The van der Waals surface area contributed by atoms with E-state index < -0.39 is 12.1 Å². The maximum Gasteiger partial charge on any atom is 0.321 e. The summed E-state index contributed by atoms with van der Waals surface area (Å²) in [7, 11) is 1.69. The number of amides is 4. The number of urea groups is 1. The van der Waals surface area contributed by atoms with Crippen molar-refractivity contribution in [1.82, 2.24) is 14.8 Å². The minimum absolute atomic E-state index is 0.138. The molecule has 5 rings (SSSR count). The Balaban J connectivity index is 1.36. The number of likely N-dealkylation sites (N-methyl/N-ethyl adjacent to an activating group) is 1. The van der Waals surface area contributed by atoms with Gasteiger partial charge in [-0.25, -0.2) is 4.79 Å². The maximum atomic E-state index is 14.4. The summed E-state index contributed by atoms with van der Waals surface area (Å²) in [6.07, 6.45) is 4.80. The van der Waals surface area contributed by atoms with Crippen molar-refractivity contribution in [2.24, 2.45) is 5.92 Å². The first kappa shape index (κ1) is 35.4. The Hall–Kier alpha value is -4.88. The Morgan fingerprint density at radius 1 is 1.00 bits per heavy atom. The number of ether oxygens (including phenoxy) is 4. The molecule has 0 aliphatic carbocycles. The lowest BCUT2D eigenvalue weighted by molar-refractivity contribution is -0.0115. The third kappa shape index (κ3) is 9.18.